The van der Waals surface area contributed by atoms with Crippen LogP contribution >= 0.6 is 20.2 Å². The molecule has 3 aromatic carbocycles. The van der Waals surface area contributed by atoms with E-state index in [9.17, 15) is 32.8 Å². The van der Waals surface area contributed by atoms with Gasteiger partial charge in [-0.2, -0.15) is 5.06 Å². The molecule has 12 heteroatoms. The van der Waals surface area contributed by atoms with Crippen molar-refractivity contribution in [1.82, 2.24) is 0 Å². The maximum absolute atomic E-state index is 12.1. The van der Waals surface area contributed by atoms with Crippen molar-refractivity contribution in [2.24, 2.45) is 0 Å². The molecule has 0 saturated heterocycles. The Bertz CT molecular complexity index is 1320. The van der Waals surface area contributed by atoms with Gasteiger partial charge in [0.25, 0.3) is 0 Å². The first-order chi connectivity index (χ1) is 18.2. The predicted octanol–water partition coefficient (Wildman–Crippen LogP) is 6.67. The van der Waals surface area contributed by atoms with Crippen LogP contribution in [0, 0.1) is 17.4 Å². The van der Waals surface area contributed by atoms with Crippen molar-refractivity contribution in [3.63, 3.8) is 0 Å². The molecule has 0 bridgehead atoms. The quantitative estimate of drug-likeness (QED) is 0.141. The number of anilines is 2. The van der Waals surface area contributed by atoms with E-state index in [1.807, 2.05) is 48.3 Å². The van der Waals surface area contributed by atoms with Crippen molar-refractivity contribution in [1.29, 1.82) is 0 Å². The molecule has 8 nitrogen and oxygen atoms in total. The first-order valence-corrected chi connectivity index (χ1v) is 15.4. The Kier molecular flexibility index (Phi) is 11.3. The van der Waals surface area contributed by atoms with Crippen LogP contribution in [0.4, 0.5) is 24.5 Å². The molecule has 39 heavy (non-hydrogen) atoms. The van der Waals surface area contributed by atoms with Crippen LogP contribution in [-0.2, 0) is 12.7 Å². The fourth-order valence-corrected chi connectivity index (χ4v) is 6.05. The molecule has 0 aromatic heterocycles. The van der Waals surface area contributed by atoms with Gasteiger partial charge in [0, 0.05) is 13.8 Å². The van der Waals surface area contributed by atoms with Gasteiger partial charge in [0.15, 0.2) is 5.75 Å². The van der Waals surface area contributed by atoms with Gasteiger partial charge in [-0.05, 0) is 43.7 Å². The van der Waals surface area contributed by atoms with Crippen LogP contribution in [0.25, 0.3) is 0 Å². The molecular formula is C27H28F3IN2O6. The van der Waals surface area contributed by atoms with E-state index in [4.69, 9.17) is 3.07 Å². The van der Waals surface area contributed by atoms with E-state index >= 15 is 0 Å². The number of hydrogen-bond donors (Lipinski definition) is 2. The van der Waals surface area contributed by atoms with E-state index in [1.54, 1.807) is 25.1 Å². The minimum absolute atomic E-state index is 0.00424. The van der Waals surface area contributed by atoms with E-state index in [-0.39, 0.29) is 17.6 Å². The number of amides is 2. The van der Waals surface area contributed by atoms with Crippen molar-refractivity contribution in [2.45, 2.75) is 34.1 Å². The summed E-state index contributed by atoms with van der Waals surface area (Å²) in [4.78, 5) is 34.6. The molecule has 1 heterocycles. The maximum atomic E-state index is 12.1. The van der Waals surface area contributed by atoms with Crippen LogP contribution in [0.15, 0.2) is 66.7 Å². The molecule has 2 N–H and O–H groups in total. The number of nitrogens with zero attached hydrogens (tertiary/aromatic N) is 1. The number of halogens is 4. The molecule has 0 aliphatic carbocycles. The molecule has 0 unspecified atom stereocenters. The number of fused-ring (bicyclic) bond motifs is 1. The average molecular weight is 660 g/mol. The van der Waals surface area contributed by atoms with E-state index in [1.165, 1.54) is 26.0 Å². The van der Waals surface area contributed by atoms with Crippen LogP contribution in [0.3, 0.4) is 0 Å². The number of carbonyl (C=O) groups is 3. The third-order valence-electron chi connectivity index (χ3n) is 4.82. The predicted molar refractivity (Wildman–Crippen MR) is 149 cm³/mol. The number of ether oxygens (including phenoxy) is 1. The Morgan fingerprint density at radius 1 is 0.974 bits per heavy atom. The number of nitrogens with one attached hydrogen (secondary N) is 1. The molecule has 0 spiro atoms. The minimum atomic E-state index is -4.78. The summed E-state index contributed by atoms with van der Waals surface area (Å²) in [5.74, 6) is -1.40. The summed E-state index contributed by atoms with van der Waals surface area (Å²) in [5, 5.41) is 12.1. The average Bonchev–Trinajstić information content (AvgIpc) is 3.14. The van der Waals surface area contributed by atoms with Crippen LogP contribution in [0.1, 0.15) is 35.3 Å². The van der Waals surface area contributed by atoms with Crippen molar-refractivity contribution in [2.75, 3.05) is 15.3 Å². The summed E-state index contributed by atoms with van der Waals surface area (Å²) in [5.41, 5.74) is 2.97. The third-order valence-corrected chi connectivity index (χ3v) is 8.45. The first-order valence-electron chi connectivity index (χ1n) is 11.3. The second-order valence-electron chi connectivity index (χ2n) is 8.16. The van der Waals surface area contributed by atoms with Gasteiger partial charge >= 0.3 is 78.8 Å². The van der Waals surface area contributed by atoms with Crippen molar-refractivity contribution < 1.29 is 40.6 Å². The Hall–Kier alpha value is -3.65. The molecule has 1 aliphatic heterocycles. The van der Waals surface area contributed by atoms with Gasteiger partial charge in [-0.1, -0.05) is 23.8 Å². The molecular weight excluding hydrogens is 632 g/mol. The summed E-state index contributed by atoms with van der Waals surface area (Å²) < 4.78 is 46.3. The van der Waals surface area contributed by atoms with Crippen molar-refractivity contribution in [3.8, 4) is 5.75 Å². The fraction of sp³-hybridized carbons (Fsp3) is 0.222. The Labute approximate surface area is 231 Å². The van der Waals surface area contributed by atoms with Gasteiger partial charge < -0.3 is 10.1 Å². The van der Waals surface area contributed by atoms with Gasteiger partial charge in [0.05, 0.1) is 11.4 Å². The van der Waals surface area contributed by atoms with Crippen molar-refractivity contribution in [3.05, 3.63) is 87.0 Å². The molecule has 4 rings (SSSR count). The third kappa shape index (κ3) is 10.2. The summed E-state index contributed by atoms with van der Waals surface area (Å²) in [6.07, 6.45) is -4.78. The van der Waals surface area contributed by atoms with Gasteiger partial charge in [-0.25, -0.2) is 0 Å². The number of benzene rings is 3. The molecule has 0 radical (unpaired) electrons. The van der Waals surface area contributed by atoms with Gasteiger partial charge in [0.2, 0.25) is 11.8 Å². The standard InChI is InChI=1S/C10H10F3NO2.C9H11NO2.C8H7IO2/c1-6-3-4-8(14-7(2)15)9(5-6)16-10(11,12)13;1-7-3-5-9(6-4-7)10(12)8(2)11;1-9-7-5-3-2-4-6(7)8(10)11-9/h3-5H,1-2H3,(H,14,15);3-6,12H,1-2H3;2-5H,1H3. The van der Waals surface area contributed by atoms with E-state index in [0.717, 1.165) is 14.7 Å². The number of aryl methyl sites for hydroxylation is 2. The number of carbonyl (C=O) groups excluding carboxylic acids is 3. The molecule has 2 amide bonds. The molecule has 1 aliphatic rings. The van der Waals surface area contributed by atoms with Crippen LogP contribution in [0.5, 0.6) is 5.75 Å². The normalized spacial score (nSPS) is 12.5. The fourth-order valence-electron chi connectivity index (χ4n) is 3.05. The van der Waals surface area contributed by atoms with Crippen LogP contribution < -0.4 is 15.1 Å². The van der Waals surface area contributed by atoms with Crippen LogP contribution in [0.2, 0.25) is 0 Å². The van der Waals surface area contributed by atoms with Gasteiger partial charge in [-0.3, -0.25) is 14.8 Å². The second kappa shape index (κ2) is 13.9. The molecule has 0 saturated carbocycles. The Morgan fingerprint density at radius 3 is 2.10 bits per heavy atom. The zero-order chi connectivity index (χ0) is 29.3. The number of hydrogen-bond acceptors (Lipinski definition) is 6. The summed E-state index contributed by atoms with van der Waals surface area (Å²) in [6, 6.07) is 18.8. The summed E-state index contributed by atoms with van der Waals surface area (Å²) in [6.45, 7) is 6.08. The first kappa shape index (κ1) is 31.6. The monoisotopic (exact) mass is 660 g/mol. The van der Waals surface area contributed by atoms with Crippen molar-refractivity contribution >= 4 is 49.4 Å². The van der Waals surface area contributed by atoms with Crippen LogP contribution in [-0.4, -0.2) is 34.3 Å². The molecule has 0 atom stereocenters. The summed E-state index contributed by atoms with van der Waals surface area (Å²) in [7, 11) is 0. The molecule has 210 valence electrons. The SMILES string of the molecule is CC(=O)N(O)c1ccc(C)cc1.CC(=O)Nc1ccc(C)cc1OC(F)(F)F.CI1OC(=O)c2ccccc21. The van der Waals surface area contributed by atoms with Gasteiger partial charge in [-0.15, -0.1) is 13.2 Å². The van der Waals surface area contributed by atoms with E-state index < -0.39 is 38.3 Å². The van der Waals surface area contributed by atoms with E-state index in [2.05, 4.69) is 10.1 Å². The molecule has 0 fully saturated rings. The number of hydroxylamine groups is 1. The Balaban J connectivity index is 0.000000209. The zero-order valence-corrected chi connectivity index (χ0v) is 24.0. The topological polar surface area (TPSA) is 105 Å². The summed E-state index contributed by atoms with van der Waals surface area (Å²) >= 11 is -1.52. The zero-order valence-electron chi connectivity index (χ0n) is 21.8. The second-order valence-corrected chi connectivity index (χ2v) is 12.2. The number of rotatable bonds is 3. The molecule has 3 aromatic rings. The Morgan fingerprint density at radius 2 is 1.56 bits per heavy atom. The number of alkyl halides is 4. The van der Waals surface area contributed by atoms with E-state index in [0.29, 0.717) is 16.3 Å². The van der Waals surface area contributed by atoms with Gasteiger partial charge in [0.1, 0.15) is 0 Å².